The van der Waals surface area contributed by atoms with Crippen LogP contribution in [0, 0.1) is 4.91 Å². The fraction of sp³-hybridized carbons (Fsp3) is 0.750. The summed E-state index contributed by atoms with van der Waals surface area (Å²) >= 11 is 0. The molecule has 23 heavy (non-hydrogen) atoms. The van der Waals surface area contributed by atoms with E-state index >= 15 is 0 Å². The van der Waals surface area contributed by atoms with Gasteiger partial charge in [-0.3, -0.25) is 0 Å². The smallest absolute Gasteiger partial charge is 0.252 e. The van der Waals surface area contributed by atoms with Crippen LogP contribution in [0.25, 0.3) is 0 Å². The number of hydrogen-bond acceptors (Lipinski definition) is 7. The Hall–Kier alpha value is -1.92. The van der Waals surface area contributed by atoms with Gasteiger partial charge in [0.1, 0.15) is 12.2 Å². The molecule has 0 aromatic carbocycles. The second kappa shape index (κ2) is 7.57. The lowest BCUT2D eigenvalue weighted by molar-refractivity contribution is 0.139. The van der Waals surface area contributed by atoms with Crippen molar-refractivity contribution in [2.75, 3.05) is 5.73 Å². The van der Waals surface area contributed by atoms with Crippen molar-refractivity contribution in [2.45, 2.75) is 76.4 Å². The van der Waals surface area contributed by atoms with Crippen molar-refractivity contribution in [3.63, 3.8) is 0 Å². The summed E-state index contributed by atoms with van der Waals surface area (Å²) < 4.78 is 11.8. The van der Waals surface area contributed by atoms with Gasteiger partial charge >= 0.3 is 0 Å². The average molecular weight is 320 g/mol. The van der Waals surface area contributed by atoms with Crippen LogP contribution >= 0.6 is 0 Å². The molecule has 0 amide bonds. The van der Waals surface area contributed by atoms with E-state index in [4.69, 9.17) is 15.2 Å². The molecule has 126 valence electrons. The number of nitrogens with two attached hydrogens (primary N) is 1. The van der Waals surface area contributed by atoms with Gasteiger partial charge in [-0.15, -0.1) is 4.91 Å². The predicted molar refractivity (Wildman–Crippen MR) is 86.9 cm³/mol. The molecule has 2 fully saturated rings. The first-order chi connectivity index (χ1) is 11.3. The zero-order chi connectivity index (χ0) is 16.1. The molecule has 7 heteroatoms. The minimum Gasteiger partial charge on any atom is -0.473 e. The van der Waals surface area contributed by atoms with E-state index in [0.29, 0.717) is 0 Å². The van der Waals surface area contributed by atoms with Gasteiger partial charge in [0.05, 0.1) is 0 Å². The van der Waals surface area contributed by atoms with Gasteiger partial charge in [-0.1, -0.05) is 12.8 Å². The van der Waals surface area contributed by atoms with Gasteiger partial charge in [-0.25, -0.2) is 0 Å². The third kappa shape index (κ3) is 4.09. The van der Waals surface area contributed by atoms with Gasteiger partial charge < -0.3 is 15.2 Å². The lowest BCUT2D eigenvalue weighted by Crippen LogP contribution is -2.22. The van der Waals surface area contributed by atoms with Gasteiger partial charge in [-0.2, -0.15) is 9.97 Å². The minimum absolute atomic E-state index is 0.0374. The van der Waals surface area contributed by atoms with Crippen LogP contribution in [0.1, 0.15) is 64.2 Å². The van der Waals surface area contributed by atoms with Crippen LogP contribution in [0.2, 0.25) is 0 Å². The number of nitrogens with zero attached hydrogens (tertiary/aromatic N) is 3. The Morgan fingerprint density at radius 2 is 1.26 bits per heavy atom. The third-order valence-electron chi connectivity index (χ3n) is 4.59. The van der Waals surface area contributed by atoms with Crippen molar-refractivity contribution in [3.05, 3.63) is 4.91 Å². The van der Waals surface area contributed by atoms with Crippen LogP contribution < -0.4 is 15.2 Å². The largest absolute Gasteiger partial charge is 0.473 e. The van der Waals surface area contributed by atoms with Crippen molar-refractivity contribution < 1.29 is 9.47 Å². The van der Waals surface area contributed by atoms with E-state index in [0.717, 1.165) is 51.4 Å². The second-order valence-corrected chi connectivity index (χ2v) is 6.39. The molecule has 1 aromatic heterocycles. The average Bonchev–Trinajstić information content (AvgIpc) is 2.56. The molecule has 0 bridgehead atoms. The maximum absolute atomic E-state index is 11.3. The SMILES string of the molecule is Nc1nc(OC2CCCCC2)c(N=O)c(OC2CCCCC2)n1. The van der Waals surface area contributed by atoms with E-state index in [-0.39, 0.29) is 35.6 Å². The van der Waals surface area contributed by atoms with Gasteiger partial charge in [-0.05, 0) is 56.5 Å². The van der Waals surface area contributed by atoms with Crippen molar-refractivity contribution in [2.24, 2.45) is 5.18 Å². The van der Waals surface area contributed by atoms with E-state index in [2.05, 4.69) is 15.1 Å². The first-order valence-corrected chi connectivity index (χ1v) is 8.60. The monoisotopic (exact) mass is 320 g/mol. The van der Waals surface area contributed by atoms with Gasteiger partial charge in [0.2, 0.25) is 11.6 Å². The molecular weight excluding hydrogens is 296 g/mol. The quantitative estimate of drug-likeness (QED) is 0.826. The highest BCUT2D eigenvalue weighted by Gasteiger charge is 2.25. The van der Waals surface area contributed by atoms with Crippen molar-refractivity contribution in [1.82, 2.24) is 9.97 Å². The molecule has 1 aromatic rings. The third-order valence-corrected chi connectivity index (χ3v) is 4.59. The molecule has 0 unspecified atom stereocenters. The molecule has 3 rings (SSSR count). The fourth-order valence-corrected chi connectivity index (χ4v) is 3.35. The summed E-state index contributed by atoms with van der Waals surface area (Å²) in [5, 5.41) is 3.06. The van der Waals surface area contributed by atoms with Gasteiger partial charge in [0.15, 0.2) is 0 Å². The number of ether oxygens (including phenoxy) is 2. The lowest BCUT2D eigenvalue weighted by Gasteiger charge is -2.25. The van der Waals surface area contributed by atoms with E-state index in [9.17, 15) is 4.91 Å². The van der Waals surface area contributed by atoms with Crippen molar-refractivity contribution in [1.29, 1.82) is 0 Å². The van der Waals surface area contributed by atoms with Crippen LogP contribution in [-0.2, 0) is 0 Å². The summed E-state index contributed by atoms with van der Waals surface area (Å²) in [4.78, 5) is 19.4. The fourth-order valence-electron chi connectivity index (χ4n) is 3.35. The summed E-state index contributed by atoms with van der Waals surface area (Å²) in [6.07, 6.45) is 10.9. The summed E-state index contributed by atoms with van der Waals surface area (Å²) in [7, 11) is 0. The lowest BCUT2D eigenvalue weighted by atomic mass is 9.98. The second-order valence-electron chi connectivity index (χ2n) is 6.39. The highest BCUT2D eigenvalue weighted by Crippen LogP contribution is 2.38. The molecule has 2 saturated carbocycles. The summed E-state index contributed by atoms with van der Waals surface area (Å²) in [5.74, 6) is 0.365. The van der Waals surface area contributed by atoms with E-state index < -0.39 is 0 Å². The molecule has 0 spiro atoms. The normalized spacial score (nSPS) is 20.2. The number of hydrogen-bond donors (Lipinski definition) is 1. The Bertz CT molecular complexity index is 499. The van der Waals surface area contributed by atoms with Crippen molar-refractivity contribution >= 4 is 11.6 Å². The van der Waals surface area contributed by atoms with Crippen molar-refractivity contribution in [3.8, 4) is 11.8 Å². The molecule has 2 aliphatic carbocycles. The molecule has 0 radical (unpaired) electrons. The molecule has 2 aliphatic rings. The van der Waals surface area contributed by atoms with E-state index in [1.54, 1.807) is 0 Å². The highest BCUT2D eigenvalue weighted by molar-refractivity contribution is 5.57. The molecule has 0 aliphatic heterocycles. The Morgan fingerprint density at radius 3 is 1.65 bits per heavy atom. The number of rotatable bonds is 5. The Balaban J connectivity index is 1.79. The molecular formula is C16H24N4O3. The molecule has 2 N–H and O–H groups in total. The first kappa shape index (κ1) is 16.0. The predicted octanol–water partition coefficient (Wildman–Crippen LogP) is 3.88. The van der Waals surface area contributed by atoms with Crippen LogP contribution in [0.4, 0.5) is 11.6 Å². The zero-order valence-corrected chi connectivity index (χ0v) is 13.4. The maximum Gasteiger partial charge on any atom is 0.252 e. The molecule has 0 atom stereocenters. The zero-order valence-electron chi connectivity index (χ0n) is 13.4. The molecule has 1 heterocycles. The van der Waals surface area contributed by atoms with Gasteiger partial charge in [0, 0.05) is 0 Å². The van der Waals surface area contributed by atoms with Crippen LogP contribution in [0.15, 0.2) is 5.18 Å². The Kier molecular flexibility index (Phi) is 5.25. The standard InChI is InChI=1S/C16H24N4O3/c17-16-18-14(22-11-7-3-1-4-8-11)13(20-21)15(19-16)23-12-9-5-2-6-10-12/h11-12H,1-10H2,(H2,17,18,19). The van der Waals surface area contributed by atoms with E-state index in [1.807, 2.05) is 0 Å². The molecule has 0 saturated heterocycles. The Labute approximate surface area is 136 Å². The first-order valence-electron chi connectivity index (χ1n) is 8.60. The number of nitrogen functional groups attached to an aromatic ring is 1. The summed E-state index contributed by atoms with van der Waals surface area (Å²) in [6.45, 7) is 0. The number of aromatic nitrogens is 2. The maximum atomic E-state index is 11.3. The molecule has 7 nitrogen and oxygen atoms in total. The summed E-state index contributed by atoms with van der Waals surface area (Å²) in [6, 6.07) is 0. The summed E-state index contributed by atoms with van der Waals surface area (Å²) in [5.41, 5.74) is 5.80. The van der Waals surface area contributed by atoms with Gasteiger partial charge in [0.25, 0.3) is 11.8 Å². The van der Waals surface area contributed by atoms with Crippen LogP contribution in [-0.4, -0.2) is 22.2 Å². The topological polar surface area (TPSA) is 99.7 Å². The van der Waals surface area contributed by atoms with Crippen LogP contribution in [0.5, 0.6) is 11.8 Å². The Morgan fingerprint density at radius 1 is 0.826 bits per heavy atom. The van der Waals surface area contributed by atoms with Crippen LogP contribution in [0.3, 0.4) is 0 Å². The highest BCUT2D eigenvalue weighted by atomic mass is 16.5. The minimum atomic E-state index is 0.0374. The number of anilines is 1. The number of nitroso groups, excluding NO2 is 1. The van der Waals surface area contributed by atoms with E-state index in [1.165, 1.54) is 12.8 Å².